The van der Waals surface area contributed by atoms with Crippen molar-refractivity contribution in [2.75, 3.05) is 23.3 Å². The molecule has 5 heteroatoms. The molecule has 5 nitrogen and oxygen atoms in total. The van der Waals surface area contributed by atoms with Gasteiger partial charge in [-0.2, -0.15) is 0 Å². The fourth-order valence-corrected chi connectivity index (χ4v) is 4.11. The summed E-state index contributed by atoms with van der Waals surface area (Å²) < 4.78 is 0. The summed E-state index contributed by atoms with van der Waals surface area (Å²) in [6, 6.07) is 9.83. The summed E-state index contributed by atoms with van der Waals surface area (Å²) in [6.45, 7) is 2.14. The van der Waals surface area contributed by atoms with Crippen molar-refractivity contribution in [2.24, 2.45) is 0 Å². The molecule has 0 spiro atoms. The summed E-state index contributed by atoms with van der Waals surface area (Å²) in [7, 11) is 0. The number of nitrogens with one attached hydrogen (secondary N) is 1. The molecule has 4 rings (SSSR count). The highest BCUT2D eigenvalue weighted by molar-refractivity contribution is 6.00. The number of hydrogen-bond donors (Lipinski definition) is 1. The number of aryl methyl sites for hydroxylation is 2. The predicted molar refractivity (Wildman–Crippen MR) is 111 cm³/mol. The molecule has 1 aliphatic carbocycles. The number of carbonyl (C=O) groups excluding carboxylic acids is 2. The van der Waals surface area contributed by atoms with Gasteiger partial charge in [0.25, 0.3) is 0 Å². The second kappa shape index (κ2) is 8.55. The molecule has 0 radical (unpaired) electrons. The maximum absolute atomic E-state index is 12.5. The fourth-order valence-electron chi connectivity index (χ4n) is 4.11. The first-order valence-electron chi connectivity index (χ1n) is 10.3. The molecule has 1 aliphatic heterocycles. The molecule has 28 heavy (non-hydrogen) atoms. The number of carbonyl (C=O) groups is 2. The van der Waals surface area contributed by atoms with Crippen LogP contribution in [0.5, 0.6) is 0 Å². The van der Waals surface area contributed by atoms with Crippen molar-refractivity contribution in [1.82, 2.24) is 4.98 Å². The maximum Gasteiger partial charge on any atom is 0.225 e. The molecule has 1 saturated heterocycles. The highest BCUT2D eigenvalue weighted by atomic mass is 16.2. The lowest BCUT2D eigenvalue weighted by Crippen LogP contribution is -2.18. The van der Waals surface area contributed by atoms with Crippen molar-refractivity contribution in [3.05, 3.63) is 53.2 Å². The van der Waals surface area contributed by atoms with E-state index in [-0.39, 0.29) is 24.5 Å². The molecule has 1 N–H and O–H groups in total. The fraction of sp³-hybridized carbons (Fsp3) is 0.435. The molecule has 1 fully saturated rings. The molecule has 1 aromatic heterocycles. The monoisotopic (exact) mass is 377 g/mol. The molecule has 0 bridgehead atoms. The van der Waals surface area contributed by atoms with Crippen molar-refractivity contribution in [2.45, 2.75) is 51.4 Å². The third kappa shape index (κ3) is 4.41. The molecule has 1 amide bonds. The Morgan fingerprint density at radius 1 is 0.929 bits per heavy atom. The molecular formula is C23H27N3O2. The molecule has 1 aromatic carbocycles. The summed E-state index contributed by atoms with van der Waals surface area (Å²) in [5.74, 6) is 0.391. The first-order chi connectivity index (χ1) is 13.7. The van der Waals surface area contributed by atoms with Crippen LogP contribution in [0.3, 0.4) is 0 Å². The van der Waals surface area contributed by atoms with Crippen LogP contribution in [-0.4, -0.2) is 29.8 Å². The number of pyridine rings is 1. The molecule has 2 aliphatic rings. The van der Waals surface area contributed by atoms with Crippen LogP contribution in [0, 0.1) is 0 Å². The maximum atomic E-state index is 12.5. The summed E-state index contributed by atoms with van der Waals surface area (Å²) in [5, 5.41) is 2.80. The SMILES string of the molecule is O=C(CCC(=O)c1ccc2c(c1)CCCC2)Nc1ccc(N2CCCC2)cn1. The van der Waals surface area contributed by atoms with Crippen molar-refractivity contribution in [3.8, 4) is 0 Å². The van der Waals surface area contributed by atoms with Gasteiger partial charge in [-0.15, -0.1) is 0 Å². The Labute approximate surface area is 166 Å². The number of nitrogens with zero attached hydrogens (tertiary/aromatic N) is 2. The second-order valence-electron chi connectivity index (χ2n) is 7.76. The van der Waals surface area contributed by atoms with E-state index in [4.69, 9.17) is 0 Å². The van der Waals surface area contributed by atoms with Gasteiger partial charge in [-0.3, -0.25) is 9.59 Å². The lowest BCUT2D eigenvalue weighted by molar-refractivity contribution is -0.116. The largest absolute Gasteiger partial charge is 0.370 e. The van der Waals surface area contributed by atoms with Gasteiger partial charge < -0.3 is 10.2 Å². The van der Waals surface area contributed by atoms with Crippen LogP contribution in [0.1, 0.15) is 60.0 Å². The number of amides is 1. The average molecular weight is 377 g/mol. The highest BCUT2D eigenvalue weighted by Crippen LogP contribution is 2.23. The minimum atomic E-state index is -0.173. The Bertz CT molecular complexity index is 855. The van der Waals surface area contributed by atoms with Crippen LogP contribution < -0.4 is 10.2 Å². The minimum Gasteiger partial charge on any atom is -0.370 e. The molecule has 2 heterocycles. The molecule has 0 atom stereocenters. The Balaban J connectivity index is 1.28. The Kier molecular flexibility index (Phi) is 5.70. The summed E-state index contributed by atoms with van der Waals surface area (Å²) >= 11 is 0. The molecule has 146 valence electrons. The van der Waals surface area contributed by atoms with E-state index in [0.29, 0.717) is 5.82 Å². The van der Waals surface area contributed by atoms with E-state index in [1.807, 2.05) is 24.3 Å². The minimum absolute atomic E-state index is 0.0286. The predicted octanol–water partition coefficient (Wildman–Crippen LogP) is 4.16. The van der Waals surface area contributed by atoms with Gasteiger partial charge in [0, 0.05) is 31.5 Å². The zero-order valence-electron chi connectivity index (χ0n) is 16.2. The van der Waals surface area contributed by atoms with E-state index in [1.165, 1.54) is 36.8 Å². The lowest BCUT2D eigenvalue weighted by Gasteiger charge is -2.17. The van der Waals surface area contributed by atoms with Crippen LogP contribution >= 0.6 is 0 Å². The van der Waals surface area contributed by atoms with E-state index >= 15 is 0 Å². The normalized spacial score (nSPS) is 15.9. The molecular weight excluding hydrogens is 350 g/mol. The van der Waals surface area contributed by atoms with Crippen molar-refractivity contribution in [1.29, 1.82) is 0 Å². The van der Waals surface area contributed by atoms with Crippen molar-refractivity contribution in [3.63, 3.8) is 0 Å². The number of fused-ring (bicyclic) bond motifs is 1. The first kappa shape index (κ1) is 18.7. The Morgan fingerprint density at radius 2 is 1.71 bits per heavy atom. The first-order valence-corrected chi connectivity index (χ1v) is 10.3. The van der Waals surface area contributed by atoms with Gasteiger partial charge in [0.15, 0.2) is 5.78 Å². The standard InChI is InChI=1S/C23H27N3O2/c27-21(19-8-7-17-5-1-2-6-18(17)15-19)10-12-23(28)25-22-11-9-20(16-24-22)26-13-3-4-14-26/h7-9,11,15-16H,1-6,10,12-14H2,(H,24,25,28). The number of aromatic nitrogens is 1. The quantitative estimate of drug-likeness (QED) is 0.768. The number of rotatable bonds is 6. The number of Topliss-reactive ketones (excluding diaryl/α,β-unsaturated/α-hetero) is 1. The van der Waals surface area contributed by atoms with Crippen LogP contribution in [0.15, 0.2) is 36.5 Å². The van der Waals surface area contributed by atoms with Gasteiger partial charge in [0.2, 0.25) is 5.91 Å². The molecule has 2 aromatic rings. The zero-order valence-corrected chi connectivity index (χ0v) is 16.2. The number of benzene rings is 1. The van der Waals surface area contributed by atoms with E-state index in [2.05, 4.69) is 21.3 Å². The number of anilines is 2. The van der Waals surface area contributed by atoms with Gasteiger partial charge in [0.05, 0.1) is 11.9 Å². The van der Waals surface area contributed by atoms with E-state index < -0.39 is 0 Å². The number of ketones is 1. The van der Waals surface area contributed by atoms with E-state index in [9.17, 15) is 9.59 Å². The van der Waals surface area contributed by atoms with Crippen molar-refractivity contribution >= 4 is 23.2 Å². The lowest BCUT2D eigenvalue weighted by atomic mass is 9.89. The summed E-state index contributed by atoms with van der Waals surface area (Å²) in [6.07, 6.45) is 9.21. The van der Waals surface area contributed by atoms with E-state index in [1.54, 1.807) is 6.20 Å². The van der Waals surface area contributed by atoms with Crippen molar-refractivity contribution < 1.29 is 9.59 Å². The van der Waals surface area contributed by atoms with Gasteiger partial charge in [-0.1, -0.05) is 12.1 Å². The van der Waals surface area contributed by atoms with Crippen LogP contribution in [0.25, 0.3) is 0 Å². The summed E-state index contributed by atoms with van der Waals surface area (Å²) in [4.78, 5) is 31.3. The van der Waals surface area contributed by atoms with Gasteiger partial charge in [-0.05, 0) is 67.9 Å². The Hall–Kier alpha value is -2.69. The van der Waals surface area contributed by atoms with Gasteiger partial charge in [0.1, 0.15) is 5.82 Å². The van der Waals surface area contributed by atoms with Crippen LogP contribution in [0.2, 0.25) is 0 Å². The van der Waals surface area contributed by atoms with Crippen LogP contribution in [-0.2, 0) is 17.6 Å². The molecule has 0 unspecified atom stereocenters. The zero-order chi connectivity index (χ0) is 19.3. The smallest absolute Gasteiger partial charge is 0.225 e. The van der Waals surface area contributed by atoms with Gasteiger partial charge in [-0.25, -0.2) is 4.98 Å². The molecule has 0 saturated carbocycles. The van der Waals surface area contributed by atoms with Crippen LogP contribution in [0.4, 0.5) is 11.5 Å². The average Bonchev–Trinajstić information content (AvgIpc) is 3.27. The van der Waals surface area contributed by atoms with Gasteiger partial charge >= 0.3 is 0 Å². The van der Waals surface area contributed by atoms with E-state index in [0.717, 1.165) is 37.2 Å². The third-order valence-corrected chi connectivity index (χ3v) is 5.74. The number of hydrogen-bond acceptors (Lipinski definition) is 4. The second-order valence-corrected chi connectivity index (χ2v) is 7.76. The Morgan fingerprint density at radius 3 is 2.46 bits per heavy atom. The topological polar surface area (TPSA) is 62.3 Å². The third-order valence-electron chi connectivity index (χ3n) is 5.74. The highest BCUT2D eigenvalue weighted by Gasteiger charge is 2.15. The summed E-state index contributed by atoms with van der Waals surface area (Å²) in [5.41, 5.74) is 4.48.